The highest BCUT2D eigenvalue weighted by atomic mass is 35.5. The van der Waals surface area contributed by atoms with Gasteiger partial charge in [-0.2, -0.15) is 0 Å². The number of hydrogen-bond acceptors (Lipinski definition) is 8. The average molecular weight is 406 g/mol. The predicted molar refractivity (Wildman–Crippen MR) is 99.4 cm³/mol. The zero-order valence-electron chi connectivity index (χ0n) is 15.1. The zero-order chi connectivity index (χ0) is 20.1. The van der Waals surface area contributed by atoms with Gasteiger partial charge < -0.3 is 23.4 Å². The quantitative estimate of drug-likeness (QED) is 0.515. The van der Waals surface area contributed by atoms with E-state index >= 15 is 0 Å². The summed E-state index contributed by atoms with van der Waals surface area (Å²) in [5.74, 6) is -0.242. The molecule has 0 amide bonds. The molecule has 1 aromatic heterocycles. The molecule has 1 aliphatic rings. The third-order valence-corrected chi connectivity index (χ3v) is 3.83. The standard InChI is InChI=1S/C19H16ClNO7/c1-3-25-15-9-11(7-12(20)17(15)27-10-16(22)24-2)8-13-19(23)28-18(21-13)14-5-4-6-26-14/h4-9H,3,10H2,1-2H3/b13-8-. The number of hydrogen-bond donors (Lipinski definition) is 0. The molecule has 1 aromatic carbocycles. The molecule has 1 aliphatic heterocycles. The second kappa shape index (κ2) is 8.62. The van der Waals surface area contributed by atoms with Crippen LogP contribution in [0.25, 0.3) is 6.08 Å². The van der Waals surface area contributed by atoms with Gasteiger partial charge in [0, 0.05) is 0 Å². The number of furan rings is 1. The monoisotopic (exact) mass is 405 g/mol. The molecule has 9 heteroatoms. The number of methoxy groups -OCH3 is 1. The van der Waals surface area contributed by atoms with Crippen LogP contribution in [-0.2, 0) is 19.1 Å². The first-order valence-electron chi connectivity index (χ1n) is 8.24. The molecule has 0 saturated carbocycles. The van der Waals surface area contributed by atoms with Crippen molar-refractivity contribution in [2.45, 2.75) is 6.92 Å². The molecular weight excluding hydrogens is 390 g/mol. The van der Waals surface area contributed by atoms with Gasteiger partial charge >= 0.3 is 11.9 Å². The van der Waals surface area contributed by atoms with Crippen molar-refractivity contribution in [2.24, 2.45) is 4.99 Å². The Bertz CT molecular complexity index is 947. The Morgan fingerprint density at radius 2 is 2.14 bits per heavy atom. The number of carbonyl (C=O) groups is 2. The van der Waals surface area contributed by atoms with E-state index in [-0.39, 0.29) is 29.0 Å². The minimum absolute atomic E-state index is 0.0770. The van der Waals surface area contributed by atoms with Crippen LogP contribution in [-0.4, -0.2) is 38.2 Å². The Hall–Kier alpha value is -3.26. The van der Waals surface area contributed by atoms with Crippen molar-refractivity contribution in [3.63, 3.8) is 0 Å². The molecule has 0 spiro atoms. The molecule has 8 nitrogen and oxygen atoms in total. The molecule has 146 valence electrons. The van der Waals surface area contributed by atoms with Crippen molar-refractivity contribution in [3.05, 3.63) is 52.6 Å². The van der Waals surface area contributed by atoms with Crippen LogP contribution < -0.4 is 9.47 Å². The average Bonchev–Trinajstić information content (AvgIpc) is 3.31. The van der Waals surface area contributed by atoms with Crippen LogP contribution in [0.4, 0.5) is 0 Å². The maximum Gasteiger partial charge on any atom is 0.363 e. The summed E-state index contributed by atoms with van der Waals surface area (Å²) in [7, 11) is 1.25. The van der Waals surface area contributed by atoms with Crippen molar-refractivity contribution in [3.8, 4) is 11.5 Å². The fourth-order valence-electron chi connectivity index (χ4n) is 2.34. The summed E-state index contributed by atoms with van der Waals surface area (Å²) in [5, 5.41) is 0.198. The summed E-state index contributed by atoms with van der Waals surface area (Å²) in [6.45, 7) is 1.81. The van der Waals surface area contributed by atoms with Crippen molar-refractivity contribution >= 4 is 35.5 Å². The van der Waals surface area contributed by atoms with E-state index in [0.717, 1.165) is 0 Å². The fourth-order valence-corrected chi connectivity index (χ4v) is 2.61. The third kappa shape index (κ3) is 4.34. The second-order valence-electron chi connectivity index (χ2n) is 5.44. The summed E-state index contributed by atoms with van der Waals surface area (Å²) in [6, 6.07) is 6.46. The van der Waals surface area contributed by atoms with Crippen molar-refractivity contribution < 1.29 is 33.0 Å². The van der Waals surface area contributed by atoms with Crippen molar-refractivity contribution in [2.75, 3.05) is 20.3 Å². The lowest BCUT2D eigenvalue weighted by Crippen LogP contribution is -2.13. The SMILES string of the molecule is CCOc1cc(/C=C2\N=C(c3ccco3)OC2=O)cc(Cl)c1OCC(=O)OC. The van der Waals surface area contributed by atoms with Gasteiger partial charge in [-0.05, 0) is 42.8 Å². The number of rotatable bonds is 7. The van der Waals surface area contributed by atoms with Crippen LogP contribution >= 0.6 is 11.6 Å². The van der Waals surface area contributed by atoms with Crippen LogP contribution in [0.3, 0.4) is 0 Å². The van der Waals surface area contributed by atoms with E-state index < -0.39 is 11.9 Å². The predicted octanol–water partition coefficient (Wildman–Crippen LogP) is 3.23. The Morgan fingerprint density at radius 3 is 2.82 bits per heavy atom. The number of ether oxygens (including phenoxy) is 4. The number of aliphatic imine (C=N–C) groups is 1. The lowest BCUT2D eigenvalue weighted by molar-refractivity contribution is -0.143. The Morgan fingerprint density at radius 1 is 1.32 bits per heavy atom. The van der Waals surface area contributed by atoms with Gasteiger partial charge in [0.15, 0.2) is 29.6 Å². The second-order valence-corrected chi connectivity index (χ2v) is 5.85. The van der Waals surface area contributed by atoms with Crippen molar-refractivity contribution in [1.82, 2.24) is 0 Å². The van der Waals surface area contributed by atoms with E-state index in [1.807, 2.05) is 0 Å². The number of halogens is 1. The van der Waals surface area contributed by atoms with Gasteiger partial charge in [-0.3, -0.25) is 0 Å². The molecule has 0 atom stereocenters. The van der Waals surface area contributed by atoms with Gasteiger partial charge in [0.05, 0.1) is 25.0 Å². The minimum Gasteiger partial charge on any atom is -0.490 e. The zero-order valence-corrected chi connectivity index (χ0v) is 15.8. The molecular formula is C19H16ClNO7. The van der Waals surface area contributed by atoms with Crippen LogP contribution in [0.5, 0.6) is 11.5 Å². The van der Waals surface area contributed by atoms with E-state index in [1.54, 1.807) is 31.2 Å². The van der Waals surface area contributed by atoms with E-state index in [4.69, 9.17) is 30.2 Å². The molecule has 2 aromatic rings. The third-order valence-electron chi connectivity index (χ3n) is 3.55. The number of cyclic esters (lactones) is 1. The van der Waals surface area contributed by atoms with Gasteiger partial charge in [0.2, 0.25) is 0 Å². The normalized spacial score (nSPS) is 14.6. The smallest absolute Gasteiger partial charge is 0.363 e. The first-order valence-corrected chi connectivity index (χ1v) is 8.62. The number of nitrogens with zero attached hydrogens (tertiary/aromatic N) is 1. The molecule has 28 heavy (non-hydrogen) atoms. The summed E-state index contributed by atoms with van der Waals surface area (Å²) in [5.41, 5.74) is 0.614. The maximum absolute atomic E-state index is 12.1. The highest BCUT2D eigenvalue weighted by Crippen LogP contribution is 2.37. The summed E-state index contributed by atoms with van der Waals surface area (Å²) in [6.07, 6.45) is 2.95. The van der Waals surface area contributed by atoms with Crippen LogP contribution in [0, 0.1) is 0 Å². The lowest BCUT2D eigenvalue weighted by Gasteiger charge is -2.13. The van der Waals surface area contributed by atoms with E-state index in [2.05, 4.69) is 9.73 Å². The number of carbonyl (C=O) groups excluding carboxylic acids is 2. The first-order chi connectivity index (χ1) is 13.5. The topological polar surface area (TPSA) is 96.6 Å². The minimum atomic E-state index is -0.619. The number of benzene rings is 1. The Balaban J connectivity index is 1.91. The Labute approximate surface area is 165 Å². The lowest BCUT2D eigenvalue weighted by atomic mass is 10.1. The van der Waals surface area contributed by atoms with Crippen LogP contribution in [0.1, 0.15) is 18.2 Å². The highest BCUT2D eigenvalue weighted by molar-refractivity contribution is 6.32. The van der Waals surface area contributed by atoms with Gasteiger partial charge in [-0.25, -0.2) is 14.6 Å². The molecule has 0 fully saturated rings. The molecule has 0 saturated heterocycles. The van der Waals surface area contributed by atoms with Gasteiger partial charge in [0.25, 0.3) is 5.90 Å². The molecule has 0 radical (unpaired) electrons. The maximum atomic E-state index is 12.1. The van der Waals surface area contributed by atoms with Gasteiger partial charge in [-0.15, -0.1) is 0 Å². The summed E-state index contributed by atoms with van der Waals surface area (Å²) in [4.78, 5) is 27.5. The summed E-state index contributed by atoms with van der Waals surface area (Å²) < 4.78 is 25.8. The van der Waals surface area contributed by atoms with E-state index in [1.165, 1.54) is 19.4 Å². The number of esters is 2. The van der Waals surface area contributed by atoms with Crippen LogP contribution in [0.15, 0.2) is 45.6 Å². The highest BCUT2D eigenvalue weighted by Gasteiger charge is 2.26. The molecule has 3 rings (SSSR count). The largest absolute Gasteiger partial charge is 0.490 e. The fraction of sp³-hybridized carbons (Fsp3) is 0.211. The van der Waals surface area contributed by atoms with E-state index in [9.17, 15) is 9.59 Å². The molecule has 0 aliphatic carbocycles. The van der Waals surface area contributed by atoms with Crippen LogP contribution in [0.2, 0.25) is 5.02 Å². The molecule has 0 bridgehead atoms. The first kappa shape index (κ1) is 19.5. The molecule has 2 heterocycles. The van der Waals surface area contributed by atoms with Gasteiger partial charge in [-0.1, -0.05) is 11.6 Å². The van der Waals surface area contributed by atoms with E-state index in [0.29, 0.717) is 23.7 Å². The van der Waals surface area contributed by atoms with Crippen molar-refractivity contribution in [1.29, 1.82) is 0 Å². The molecule has 0 N–H and O–H groups in total. The Kier molecular flexibility index (Phi) is 6.00. The van der Waals surface area contributed by atoms with Gasteiger partial charge in [0.1, 0.15) is 0 Å². The summed E-state index contributed by atoms with van der Waals surface area (Å²) >= 11 is 6.28. The molecule has 0 unspecified atom stereocenters.